The monoisotopic (exact) mass is 446 g/mol. The molecular formula is C25H30N6O2. The van der Waals surface area contributed by atoms with E-state index in [1.807, 2.05) is 73.3 Å². The lowest BCUT2D eigenvalue weighted by molar-refractivity contribution is -0.117. The highest BCUT2D eigenvalue weighted by atomic mass is 16.5. The van der Waals surface area contributed by atoms with Crippen LogP contribution in [0.4, 0.5) is 11.4 Å². The first kappa shape index (κ1) is 22.4. The number of H-pyrrole nitrogens is 1. The highest BCUT2D eigenvalue weighted by Gasteiger charge is 2.21. The van der Waals surface area contributed by atoms with Gasteiger partial charge in [-0.2, -0.15) is 5.10 Å². The van der Waals surface area contributed by atoms with Crippen molar-refractivity contribution in [1.29, 1.82) is 0 Å². The minimum Gasteiger partial charge on any atom is -0.491 e. The minimum atomic E-state index is 0.131. The van der Waals surface area contributed by atoms with Gasteiger partial charge in [-0.05, 0) is 68.3 Å². The second-order valence-corrected chi connectivity index (χ2v) is 8.23. The SMILES string of the molecule is CC(C)Oc1ccc(NC(=NCc2ccc(N3CCCC3=O)cc2)NCc2ccn[nH]2)cc1. The van der Waals surface area contributed by atoms with Crippen molar-refractivity contribution < 1.29 is 9.53 Å². The van der Waals surface area contributed by atoms with Gasteiger partial charge < -0.3 is 20.3 Å². The Morgan fingerprint density at radius 2 is 1.94 bits per heavy atom. The number of carbonyl (C=O) groups is 1. The summed E-state index contributed by atoms with van der Waals surface area (Å²) in [4.78, 5) is 18.6. The molecule has 3 N–H and O–H groups in total. The van der Waals surface area contributed by atoms with E-state index in [-0.39, 0.29) is 12.0 Å². The summed E-state index contributed by atoms with van der Waals surface area (Å²) >= 11 is 0. The Hall–Kier alpha value is -3.81. The van der Waals surface area contributed by atoms with Crippen molar-refractivity contribution in [3.63, 3.8) is 0 Å². The highest BCUT2D eigenvalue weighted by molar-refractivity contribution is 5.95. The fraction of sp³-hybridized carbons (Fsp3) is 0.320. The number of anilines is 2. The van der Waals surface area contributed by atoms with Crippen molar-refractivity contribution in [3.8, 4) is 5.75 Å². The zero-order valence-electron chi connectivity index (χ0n) is 19.0. The van der Waals surface area contributed by atoms with Crippen LogP contribution in [-0.4, -0.2) is 34.7 Å². The maximum Gasteiger partial charge on any atom is 0.227 e. The molecule has 0 unspecified atom stereocenters. The molecule has 4 rings (SSSR count). The molecular weight excluding hydrogens is 416 g/mol. The van der Waals surface area contributed by atoms with E-state index in [9.17, 15) is 4.79 Å². The summed E-state index contributed by atoms with van der Waals surface area (Å²) in [7, 11) is 0. The lowest BCUT2D eigenvalue weighted by Gasteiger charge is -2.16. The molecule has 1 amide bonds. The van der Waals surface area contributed by atoms with Gasteiger partial charge in [-0.3, -0.25) is 9.89 Å². The van der Waals surface area contributed by atoms with E-state index in [0.29, 0.717) is 25.5 Å². The Labute approximate surface area is 194 Å². The van der Waals surface area contributed by atoms with E-state index in [1.165, 1.54) is 0 Å². The van der Waals surface area contributed by atoms with Crippen LogP contribution in [0.1, 0.15) is 37.9 Å². The van der Waals surface area contributed by atoms with Crippen molar-refractivity contribution in [1.82, 2.24) is 15.5 Å². The number of nitrogens with zero attached hydrogens (tertiary/aromatic N) is 3. The highest BCUT2D eigenvalue weighted by Crippen LogP contribution is 2.22. The Kier molecular flexibility index (Phi) is 7.24. The predicted octanol–water partition coefficient (Wildman–Crippen LogP) is 4.08. The first-order valence-electron chi connectivity index (χ1n) is 11.3. The van der Waals surface area contributed by atoms with Crippen LogP contribution in [0.5, 0.6) is 5.75 Å². The standard InChI is InChI=1S/C25H30N6O2/c1-18(2)33-23-11-7-20(8-12-23)29-25(27-17-21-13-14-28-30-21)26-16-19-5-9-22(10-6-19)31-15-3-4-24(31)32/h5-14,18H,3-4,15-17H2,1-2H3,(H,28,30)(H2,26,27,29). The number of aliphatic imine (C=N–C) groups is 1. The third-order valence-electron chi connectivity index (χ3n) is 5.23. The molecule has 1 aliphatic heterocycles. The van der Waals surface area contributed by atoms with Crippen molar-refractivity contribution in [3.05, 3.63) is 72.1 Å². The van der Waals surface area contributed by atoms with E-state index in [4.69, 9.17) is 9.73 Å². The molecule has 0 saturated carbocycles. The van der Waals surface area contributed by atoms with Gasteiger partial charge in [0, 0.05) is 30.5 Å². The van der Waals surface area contributed by atoms with Gasteiger partial charge in [-0.25, -0.2) is 4.99 Å². The fourth-order valence-electron chi connectivity index (χ4n) is 3.60. The van der Waals surface area contributed by atoms with Gasteiger partial charge >= 0.3 is 0 Å². The molecule has 1 fully saturated rings. The van der Waals surface area contributed by atoms with Gasteiger partial charge in [0.05, 0.1) is 24.9 Å². The molecule has 0 spiro atoms. The first-order valence-corrected chi connectivity index (χ1v) is 11.3. The second kappa shape index (κ2) is 10.7. The van der Waals surface area contributed by atoms with Crippen LogP contribution in [0.15, 0.2) is 65.8 Å². The summed E-state index contributed by atoms with van der Waals surface area (Å²) in [6, 6.07) is 17.8. The number of guanidine groups is 1. The molecule has 3 aromatic rings. The van der Waals surface area contributed by atoms with E-state index >= 15 is 0 Å². The molecule has 1 saturated heterocycles. The van der Waals surface area contributed by atoms with Crippen LogP contribution in [0.2, 0.25) is 0 Å². The molecule has 1 aliphatic rings. The van der Waals surface area contributed by atoms with Crippen molar-refractivity contribution in [2.75, 3.05) is 16.8 Å². The number of amides is 1. The average Bonchev–Trinajstić information content (AvgIpc) is 3.49. The van der Waals surface area contributed by atoms with Crippen LogP contribution in [0, 0.1) is 0 Å². The zero-order valence-corrected chi connectivity index (χ0v) is 19.0. The Morgan fingerprint density at radius 1 is 1.15 bits per heavy atom. The molecule has 2 heterocycles. The van der Waals surface area contributed by atoms with Gasteiger partial charge in [0.15, 0.2) is 5.96 Å². The Balaban J connectivity index is 1.43. The maximum atomic E-state index is 12.0. The van der Waals surface area contributed by atoms with Crippen LogP contribution in [0.25, 0.3) is 0 Å². The van der Waals surface area contributed by atoms with Crippen LogP contribution in [0.3, 0.4) is 0 Å². The number of rotatable bonds is 8. The molecule has 0 aliphatic carbocycles. The number of hydrogen-bond acceptors (Lipinski definition) is 4. The Morgan fingerprint density at radius 3 is 2.58 bits per heavy atom. The van der Waals surface area contributed by atoms with Gasteiger partial charge in [0.2, 0.25) is 5.91 Å². The predicted molar refractivity (Wildman–Crippen MR) is 130 cm³/mol. The second-order valence-electron chi connectivity index (χ2n) is 8.23. The fourth-order valence-corrected chi connectivity index (χ4v) is 3.60. The summed E-state index contributed by atoms with van der Waals surface area (Å²) in [5.41, 5.74) is 3.88. The molecule has 8 heteroatoms. The number of aromatic nitrogens is 2. The lowest BCUT2D eigenvalue weighted by atomic mass is 10.2. The molecule has 172 valence electrons. The number of nitrogens with one attached hydrogen (secondary N) is 3. The molecule has 2 aromatic carbocycles. The third-order valence-corrected chi connectivity index (χ3v) is 5.23. The molecule has 33 heavy (non-hydrogen) atoms. The zero-order chi connectivity index (χ0) is 23.0. The van der Waals surface area contributed by atoms with Gasteiger partial charge in [-0.15, -0.1) is 0 Å². The summed E-state index contributed by atoms with van der Waals surface area (Å²) in [6.07, 6.45) is 3.41. The van der Waals surface area contributed by atoms with Gasteiger partial charge in [0.25, 0.3) is 0 Å². The summed E-state index contributed by atoms with van der Waals surface area (Å²) < 4.78 is 5.72. The number of carbonyl (C=O) groups excluding carboxylic acids is 1. The normalized spacial score (nSPS) is 14.1. The largest absolute Gasteiger partial charge is 0.491 e. The number of hydrogen-bond donors (Lipinski definition) is 3. The van der Waals surface area contributed by atoms with E-state index < -0.39 is 0 Å². The van der Waals surface area contributed by atoms with E-state index in [1.54, 1.807) is 6.20 Å². The first-order chi connectivity index (χ1) is 16.1. The van der Waals surface area contributed by atoms with Gasteiger partial charge in [-0.1, -0.05) is 12.1 Å². The molecule has 1 aromatic heterocycles. The number of aromatic amines is 1. The molecule has 0 atom stereocenters. The molecule has 8 nitrogen and oxygen atoms in total. The van der Waals surface area contributed by atoms with Crippen molar-refractivity contribution >= 4 is 23.2 Å². The third kappa shape index (κ3) is 6.35. The molecule has 0 bridgehead atoms. The quantitative estimate of drug-likeness (QED) is 0.358. The van der Waals surface area contributed by atoms with Gasteiger partial charge in [0.1, 0.15) is 5.75 Å². The summed E-state index contributed by atoms with van der Waals surface area (Å²) in [5.74, 6) is 1.68. The van der Waals surface area contributed by atoms with E-state index in [2.05, 4.69) is 20.8 Å². The number of ether oxygens (including phenoxy) is 1. The average molecular weight is 447 g/mol. The minimum absolute atomic E-state index is 0.131. The lowest BCUT2D eigenvalue weighted by Crippen LogP contribution is -2.30. The van der Waals surface area contributed by atoms with Crippen LogP contribution >= 0.6 is 0 Å². The van der Waals surface area contributed by atoms with Crippen molar-refractivity contribution in [2.24, 2.45) is 4.99 Å². The Bertz CT molecular complexity index is 1060. The van der Waals surface area contributed by atoms with E-state index in [0.717, 1.165) is 41.3 Å². The topological polar surface area (TPSA) is 94.6 Å². The molecule has 0 radical (unpaired) electrons. The number of benzene rings is 2. The summed E-state index contributed by atoms with van der Waals surface area (Å²) in [5, 5.41) is 13.6. The van der Waals surface area contributed by atoms with Crippen molar-refractivity contribution in [2.45, 2.75) is 45.9 Å². The maximum absolute atomic E-state index is 12.0. The van der Waals surface area contributed by atoms with Crippen LogP contribution < -0.4 is 20.3 Å². The van der Waals surface area contributed by atoms with Crippen LogP contribution in [-0.2, 0) is 17.9 Å². The summed E-state index contributed by atoms with van der Waals surface area (Å²) in [6.45, 7) is 5.87. The smallest absolute Gasteiger partial charge is 0.227 e.